The first-order valence-electron chi connectivity index (χ1n) is 15.3. The van der Waals surface area contributed by atoms with Gasteiger partial charge in [-0.05, 0) is 43.9 Å². The van der Waals surface area contributed by atoms with Gasteiger partial charge in [-0.3, -0.25) is 28.8 Å². The molecule has 0 radical (unpaired) electrons. The molecule has 0 aliphatic carbocycles. The first kappa shape index (κ1) is 36.2. The number of aromatic amines is 1. The van der Waals surface area contributed by atoms with Gasteiger partial charge >= 0.3 is 5.97 Å². The molecule has 1 aliphatic rings. The van der Waals surface area contributed by atoms with E-state index in [2.05, 4.69) is 36.6 Å². The lowest BCUT2D eigenvalue weighted by Gasteiger charge is -2.28. The van der Waals surface area contributed by atoms with Crippen LogP contribution in [0.2, 0.25) is 0 Å². The predicted octanol–water partition coefficient (Wildman–Crippen LogP) is -0.524. The molecule has 1 aromatic rings. The molecule has 1 saturated heterocycles. The molecule has 9 N–H and O–H groups in total. The molecule has 6 atom stereocenters. The maximum Gasteiger partial charge on any atom is 0.303 e. The Labute approximate surface area is 257 Å². The van der Waals surface area contributed by atoms with Crippen molar-refractivity contribution < 1.29 is 33.9 Å². The van der Waals surface area contributed by atoms with Crippen molar-refractivity contribution in [1.29, 1.82) is 0 Å². The van der Waals surface area contributed by atoms with E-state index in [0.29, 0.717) is 31.5 Å². The largest absolute Gasteiger partial charge is 0.481 e. The van der Waals surface area contributed by atoms with Crippen molar-refractivity contribution in [3.8, 4) is 0 Å². The molecule has 0 bridgehead atoms. The minimum absolute atomic E-state index is 0.000589. The van der Waals surface area contributed by atoms with Crippen LogP contribution in [0.25, 0.3) is 0 Å². The van der Waals surface area contributed by atoms with Gasteiger partial charge in [-0.1, -0.05) is 34.1 Å². The molecule has 2 rings (SSSR count). The third-order valence-corrected chi connectivity index (χ3v) is 7.60. The van der Waals surface area contributed by atoms with E-state index in [1.807, 2.05) is 20.8 Å². The molecule has 44 heavy (non-hydrogen) atoms. The fourth-order valence-electron chi connectivity index (χ4n) is 4.82. The zero-order valence-corrected chi connectivity index (χ0v) is 26.0. The maximum absolute atomic E-state index is 13.5. The molecule has 15 heteroatoms. The Morgan fingerprint density at radius 3 is 2.32 bits per heavy atom. The van der Waals surface area contributed by atoms with Crippen LogP contribution in [0.1, 0.15) is 78.3 Å². The molecule has 0 aromatic carbocycles. The van der Waals surface area contributed by atoms with E-state index in [4.69, 9.17) is 5.73 Å². The van der Waals surface area contributed by atoms with Crippen LogP contribution < -0.4 is 32.3 Å². The van der Waals surface area contributed by atoms with Crippen molar-refractivity contribution in [3.63, 3.8) is 0 Å². The van der Waals surface area contributed by atoms with E-state index in [0.717, 1.165) is 12.8 Å². The summed E-state index contributed by atoms with van der Waals surface area (Å²) < 4.78 is 0. The Morgan fingerprint density at radius 1 is 1.02 bits per heavy atom. The third-order valence-electron chi connectivity index (χ3n) is 7.60. The highest BCUT2D eigenvalue weighted by Gasteiger charge is 2.34. The summed E-state index contributed by atoms with van der Waals surface area (Å²) in [6, 6.07) is -5.18. The van der Waals surface area contributed by atoms with Gasteiger partial charge in [0.05, 0.1) is 12.4 Å². The lowest BCUT2D eigenvalue weighted by atomic mass is 9.96. The monoisotopic (exact) mass is 620 g/mol. The van der Waals surface area contributed by atoms with Gasteiger partial charge in [0.2, 0.25) is 29.5 Å². The van der Waals surface area contributed by atoms with E-state index >= 15 is 0 Å². The average molecular weight is 621 g/mol. The SMILES string of the molecule is CC[C@H](C)[C@@H](NC(=O)[C@@H](CCC(=O)O)NC(=O)[C@H](Cc1cnc[nH]1)NC(=O)[C@@H](N)CC(C)C)C(=O)N[C@H]1CCCCNC1=O. The Balaban J connectivity index is 2.24. The van der Waals surface area contributed by atoms with Gasteiger partial charge in [0.25, 0.3) is 0 Å². The molecule has 2 heterocycles. The zero-order chi connectivity index (χ0) is 32.8. The van der Waals surface area contributed by atoms with Crippen LogP contribution in [-0.4, -0.2) is 87.3 Å². The second-order valence-electron chi connectivity index (χ2n) is 11.8. The summed E-state index contributed by atoms with van der Waals surface area (Å²) in [6.45, 7) is 7.94. The number of nitrogens with two attached hydrogens (primary N) is 1. The predicted molar refractivity (Wildman–Crippen MR) is 161 cm³/mol. The molecule has 1 aliphatic heterocycles. The van der Waals surface area contributed by atoms with E-state index < -0.39 is 66.2 Å². The quantitative estimate of drug-likeness (QED) is 0.112. The normalized spacial score (nSPS) is 18.5. The van der Waals surface area contributed by atoms with E-state index in [9.17, 15) is 33.9 Å². The van der Waals surface area contributed by atoms with Gasteiger partial charge in [0, 0.05) is 31.3 Å². The Kier molecular flexibility index (Phi) is 14.8. The number of nitrogens with zero attached hydrogens (tertiary/aromatic N) is 1. The fraction of sp³-hybridized carbons (Fsp3) is 0.690. The van der Waals surface area contributed by atoms with Gasteiger partial charge < -0.3 is 42.4 Å². The van der Waals surface area contributed by atoms with Crippen molar-refractivity contribution in [3.05, 3.63) is 18.2 Å². The number of carboxylic acid groups (broad SMARTS) is 1. The zero-order valence-electron chi connectivity index (χ0n) is 26.0. The number of aliphatic carboxylic acids is 1. The molecule has 0 unspecified atom stereocenters. The summed E-state index contributed by atoms with van der Waals surface area (Å²) >= 11 is 0. The van der Waals surface area contributed by atoms with Crippen molar-refractivity contribution >= 4 is 35.5 Å². The maximum atomic E-state index is 13.5. The number of carbonyl (C=O) groups excluding carboxylic acids is 5. The number of hydrogen-bond acceptors (Lipinski definition) is 8. The van der Waals surface area contributed by atoms with Crippen LogP contribution in [0.4, 0.5) is 0 Å². The molecule has 15 nitrogen and oxygen atoms in total. The number of rotatable bonds is 17. The van der Waals surface area contributed by atoms with Gasteiger partial charge in [-0.25, -0.2) is 4.98 Å². The summed E-state index contributed by atoms with van der Waals surface area (Å²) in [5.74, 6) is -4.32. The van der Waals surface area contributed by atoms with Crippen LogP contribution >= 0.6 is 0 Å². The van der Waals surface area contributed by atoms with Crippen molar-refractivity contribution in [2.75, 3.05) is 6.54 Å². The molecule has 1 aromatic heterocycles. The highest BCUT2D eigenvalue weighted by Crippen LogP contribution is 2.12. The van der Waals surface area contributed by atoms with Crippen LogP contribution in [0.15, 0.2) is 12.5 Å². The van der Waals surface area contributed by atoms with Crippen molar-refractivity contribution in [2.45, 2.75) is 109 Å². The number of H-pyrrole nitrogens is 1. The number of hydrogen-bond donors (Lipinski definition) is 8. The van der Waals surface area contributed by atoms with Crippen LogP contribution in [-0.2, 0) is 35.2 Å². The Hall–Kier alpha value is -4.01. The number of amides is 5. The number of carboxylic acids is 1. The minimum Gasteiger partial charge on any atom is -0.481 e. The fourth-order valence-corrected chi connectivity index (χ4v) is 4.82. The van der Waals surface area contributed by atoms with Gasteiger partial charge in [-0.2, -0.15) is 0 Å². The van der Waals surface area contributed by atoms with Crippen molar-refractivity contribution in [1.82, 2.24) is 36.6 Å². The molecule has 5 amide bonds. The number of aromatic nitrogens is 2. The average Bonchev–Trinajstić information content (AvgIpc) is 3.40. The molecule has 246 valence electrons. The lowest BCUT2D eigenvalue weighted by Crippen LogP contribution is -2.60. The van der Waals surface area contributed by atoms with E-state index in [-0.39, 0.29) is 30.6 Å². The molecule has 0 spiro atoms. The molecular formula is C29H48N8O7. The summed E-state index contributed by atoms with van der Waals surface area (Å²) in [4.78, 5) is 83.8. The standard InChI is InChI=1S/C29H48N8O7/c1-5-17(4)24(29(44)35-20-8-6-7-11-32-26(20)41)37-27(42)21(9-10-23(38)39)34-28(43)22(13-18-14-31-15-33-18)36-25(40)19(30)12-16(2)3/h14-17,19-22,24H,5-13,30H2,1-4H3,(H,31,33)(H,32,41)(H,34,43)(H,35,44)(H,36,40)(H,37,42)(H,38,39)/t17-,19-,20-,21+,22-,24+/m0/s1. The molecule has 0 saturated carbocycles. The molecule has 1 fully saturated rings. The Bertz CT molecular complexity index is 1130. The smallest absolute Gasteiger partial charge is 0.303 e. The number of carbonyl (C=O) groups is 6. The highest BCUT2D eigenvalue weighted by atomic mass is 16.4. The van der Waals surface area contributed by atoms with Crippen molar-refractivity contribution in [2.24, 2.45) is 17.6 Å². The summed E-state index contributed by atoms with van der Waals surface area (Å²) in [7, 11) is 0. The van der Waals surface area contributed by atoms with Gasteiger partial charge in [0.15, 0.2) is 0 Å². The summed E-state index contributed by atoms with van der Waals surface area (Å²) in [6.07, 6.45) is 5.07. The topological polar surface area (TPSA) is 238 Å². The van der Waals surface area contributed by atoms with Crippen LogP contribution in [0.5, 0.6) is 0 Å². The first-order valence-corrected chi connectivity index (χ1v) is 15.3. The lowest BCUT2D eigenvalue weighted by molar-refractivity contribution is -0.138. The second-order valence-corrected chi connectivity index (χ2v) is 11.8. The highest BCUT2D eigenvalue weighted by molar-refractivity contribution is 5.96. The van der Waals surface area contributed by atoms with Gasteiger partial charge in [-0.15, -0.1) is 0 Å². The van der Waals surface area contributed by atoms with E-state index in [1.54, 1.807) is 6.92 Å². The number of nitrogens with one attached hydrogen (secondary N) is 6. The first-order chi connectivity index (χ1) is 20.8. The minimum atomic E-state index is -1.34. The van der Waals surface area contributed by atoms with Crippen LogP contribution in [0.3, 0.4) is 0 Å². The van der Waals surface area contributed by atoms with Gasteiger partial charge in [0.1, 0.15) is 24.2 Å². The third kappa shape index (κ3) is 11.9. The summed E-state index contributed by atoms with van der Waals surface area (Å²) in [5.41, 5.74) is 6.56. The molecular weight excluding hydrogens is 572 g/mol. The van der Waals surface area contributed by atoms with Crippen LogP contribution in [0, 0.1) is 11.8 Å². The summed E-state index contributed by atoms with van der Waals surface area (Å²) in [5, 5.41) is 22.7. The van der Waals surface area contributed by atoms with E-state index in [1.165, 1.54) is 12.5 Å². The number of imidazole rings is 1. The Morgan fingerprint density at radius 2 is 1.70 bits per heavy atom. The second kappa shape index (κ2) is 18.0.